The first-order valence-corrected chi connectivity index (χ1v) is 7.86. The van der Waals surface area contributed by atoms with E-state index >= 15 is 0 Å². The van der Waals surface area contributed by atoms with Gasteiger partial charge in [0.2, 0.25) is 0 Å². The van der Waals surface area contributed by atoms with Crippen molar-refractivity contribution in [1.82, 2.24) is 10.2 Å². The van der Waals surface area contributed by atoms with Crippen molar-refractivity contribution < 1.29 is 0 Å². The fraction of sp³-hybridized carbons (Fsp3) is 0.625. The van der Waals surface area contributed by atoms with Crippen molar-refractivity contribution in [3.05, 3.63) is 34.9 Å². The van der Waals surface area contributed by atoms with Gasteiger partial charge in [-0.2, -0.15) is 0 Å². The Morgan fingerprint density at radius 3 is 2.53 bits per heavy atom. The Bertz CT molecular complexity index is 398. The quantitative estimate of drug-likeness (QED) is 0.914. The first kappa shape index (κ1) is 13.4. The summed E-state index contributed by atoms with van der Waals surface area (Å²) in [5.41, 5.74) is 1.38. The highest BCUT2D eigenvalue weighted by Gasteiger charge is 2.29. The highest BCUT2D eigenvalue weighted by molar-refractivity contribution is 6.30. The molecule has 1 unspecified atom stereocenters. The van der Waals surface area contributed by atoms with Gasteiger partial charge in [-0.1, -0.05) is 23.7 Å². The smallest absolute Gasteiger partial charge is 0.0406 e. The molecular weight excluding hydrogens is 256 g/mol. The van der Waals surface area contributed by atoms with Crippen LogP contribution >= 0.6 is 11.6 Å². The highest BCUT2D eigenvalue weighted by atomic mass is 35.5. The van der Waals surface area contributed by atoms with Gasteiger partial charge >= 0.3 is 0 Å². The average molecular weight is 279 g/mol. The molecule has 2 saturated heterocycles. The molecule has 2 aliphatic heterocycles. The number of rotatable bonds is 3. The summed E-state index contributed by atoms with van der Waals surface area (Å²) in [4.78, 5) is 2.61. The van der Waals surface area contributed by atoms with E-state index in [0.717, 1.165) is 23.4 Å². The minimum Gasteiger partial charge on any atom is -0.317 e. The zero-order valence-electron chi connectivity index (χ0n) is 11.4. The van der Waals surface area contributed by atoms with Gasteiger partial charge in [0.25, 0.3) is 0 Å². The molecule has 2 fully saturated rings. The minimum absolute atomic E-state index is 0.831. The molecule has 3 rings (SSSR count). The summed E-state index contributed by atoms with van der Waals surface area (Å²) < 4.78 is 0. The first-order valence-electron chi connectivity index (χ1n) is 7.49. The molecule has 104 valence electrons. The lowest BCUT2D eigenvalue weighted by molar-refractivity contribution is 0.242. The molecule has 0 aliphatic carbocycles. The largest absolute Gasteiger partial charge is 0.317 e. The Labute approximate surface area is 121 Å². The van der Waals surface area contributed by atoms with Crippen LogP contribution in [0.2, 0.25) is 5.02 Å². The Morgan fingerprint density at radius 2 is 1.79 bits per heavy atom. The number of nitrogens with zero attached hydrogens (tertiary/aromatic N) is 1. The third-order valence-corrected chi connectivity index (χ3v) is 4.93. The molecule has 2 aliphatic rings. The Hall–Kier alpha value is -0.570. The van der Waals surface area contributed by atoms with E-state index in [-0.39, 0.29) is 0 Å². The van der Waals surface area contributed by atoms with Crippen molar-refractivity contribution >= 4 is 11.6 Å². The molecule has 0 saturated carbocycles. The zero-order chi connectivity index (χ0) is 13.1. The van der Waals surface area contributed by atoms with E-state index in [9.17, 15) is 0 Å². The summed E-state index contributed by atoms with van der Waals surface area (Å²) in [6, 6.07) is 8.30. The molecule has 1 aromatic carbocycles. The molecule has 1 atom stereocenters. The summed E-state index contributed by atoms with van der Waals surface area (Å²) in [5, 5.41) is 4.30. The maximum Gasteiger partial charge on any atom is 0.0406 e. The summed E-state index contributed by atoms with van der Waals surface area (Å²) in [6.45, 7) is 6.07. The third-order valence-electron chi connectivity index (χ3n) is 4.68. The third kappa shape index (κ3) is 3.50. The van der Waals surface area contributed by atoms with Crippen LogP contribution in [0.5, 0.6) is 0 Å². The summed E-state index contributed by atoms with van der Waals surface area (Å²) in [7, 11) is 0. The van der Waals surface area contributed by atoms with Gasteiger partial charge in [-0.3, -0.25) is 4.90 Å². The highest BCUT2D eigenvalue weighted by Crippen LogP contribution is 2.30. The molecule has 0 spiro atoms. The number of hydrogen-bond donors (Lipinski definition) is 1. The SMILES string of the molecule is Clc1ccc(CN2CCC(C3CCNCC3)C2)cc1. The van der Waals surface area contributed by atoms with Crippen molar-refractivity contribution in [1.29, 1.82) is 0 Å². The average Bonchev–Trinajstić information content (AvgIpc) is 2.91. The molecule has 2 heterocycles. The van der Waals surface area contributed by atoms with Gasteiger partial charge in [-0.05, 0) is 68.4 Å². The maximum atomic E-state index is 5.93. The van der Waals surface area contributed by atoms with Gasteiger partial charge < -0.3 is 5.32 Å². The number of halogens is 1. The predicted octanol–water partition coefficient (Wildman–Crippen LogP) is 3.16. The molecular formula is C16H23ClN2. The Balaban J connectivity index is 1.52. The van der Waals surface area contributed by atoms with Crippen LogP contribution < -0.4 is 5.32 Å². The van der Waals surface area contributed by atoms with Gasteiger partial charge in [0.1, 0.15) is 0 Å². The van der Waals surface area contributed by atoms with Gasteiger partial charge in [0, 0.05) is 18.1 Å². The van der Waals surface area contributed by atoms with E-state index in [2.05, 4.69) is 22.3 Å². The summed E-state index contributed by atoms with van der Waals surface area (Å²) >= 11 is 5.93. The fourth-order valence-corrected chi connectivity index (χ4v) is 3.68. The van der Waals surface area contributed by atoms with Crippen molar-refractivity contribution in [2.75, 3.05) is 26.2 Å². The van der Waals surface area contributed by atoms with E-state index in [0.29, 0.717) is 0 Å². The monoisotopic (exact) mass is 278 g/mol. The second-order valence-electron chi connectivity index (χ2n) is 6.00. The van der Waals surface area contributed by atoms with Crippen LogP contribution in [0.1, 0.15) is 24.8 Å². The molecule has 2 nitrogen and oxygen atoms in total. The standard InChI is InChI=1S/C16H23ClN2/c17-16-3-1-13(2-4-16)11-19-10-7-15(12-19)14-5-8-18-9-6-14/h1-4,14-15,18H,5-12H2. The van der Waals surface area contributed by atoms with Crippen LogP contribution in [0.15, 0.2) is 24.3 Å². The van der Waals surface area contributed by atoms with Crippen LogP contribution in [-0.2, 0) is 6.54 Å². The van der Waals surface area contributed by atoms with Crippen LogP contribution in [0.4, 0.5) is 0 Å². The molecule has 1 aromatic rings. The van der Waals surface area contributed by atoms with Crippen LogP contribution in [0, 0.1) is 11.8 Å². The number of hydrogen-bond acceptors (Lipinski definition) is 2. The number of piperidine rings is 1. The first-order chi connectivity index (χ1) is 9.31. The van der Waals surface area contributed by atoms with Crippen molar-refractivity contribution in [3.63, 3.8) is 0 Å². The summed E-state index contributed by atoms with van der Waals surface area (Å²) in [5.74, 6) is 1.88. The molecule has 19 heavy (non-hydrogen) atoms. The fourth-order valence-electron chi connectivity index (χ4n) is 3.55. The normalized spacial score (nSPS) is 25.8. The molecule has 1 N–H and O–H groups in total. The van der Waals surface area contributed by atoms with Crippen LogP contribution in [-0.4, -0.2) is 31.1 Å². The number of benzene rings is 1. The topological polar surface area (TPSA) is 15.3 Å². The van der Waals surface area contributed by atoms with Crippen molar-refractivity contribution in [2.24, 2.45) is 11.8 Å². The molecule has 0 aromatic heterocycles. The van der Waals surface area contributed by atoms with E-state index in [1.54, 1.807) is 0 Å². The van der Waals surface area contributed by atoms with Crippen LogP contribution in [0.3, 0.4) is 0 Å². The van der Waals surface area contributed by atoms with E-state index in [4.69, 9.17) is 11.6 Å². The van der Waals surface area contributed by atoms with E-state index in [1.165, 1.54) is 51.0 Å². The molecule has 0 bridgehead atoms. The van der Waals surface area contributed by atoms with Crippen molar-refractivity contribution in [3.8, 4) is 0 Å². The maximum absolute atomic E-state index is 5.93. The van der Waals surface area contributed by atoms with Gasteiger partial charge in [0.15, 0.2) is 0 Å². The Morgan fingerprint density at radius 1 is 1.05 bits per heavy atom. The zero-order valence-corrected chi connectivity index (χ0v) is 12.2. The minimum atomic E-state index is 0.831. The lowest BCUT2D eigenvalue weighted by Gasteiger charge is -2.28. The second-order valence-corrected chi connectivity index (χ2v) is 6.43. The predicted molar refractivity (Wildman–Crippen MR) is 80.4 cm³/mol. The van der Waals surface area contributed by atoms with Gasteiger partial charge in [-0.25, -0.2) is 0 Å². The summed E-state index contributed by atoms with van der Waals surface area (Å²) in [6.07, 6.45) is 4.14. The number of nitrogens with one attached hydrogen (secondary N) is 1. The Kier molecular flexibility index (Phi) is 4.42. The van der Waals surface area contributed by atoms with Gasteiger partial charge in [-0.15, -0.1) is 0 Å². The van der Waals surface area contributed by atoms with E-state index < -0.39 is 0 Å². The van der Waals surface area contributed by atoms with Crippen molar-refractivity contribution in [2.45, 2.75) is 25.8 Å². The lowest BCUT2D eigenvalue weighted by atomic mass is 9.84. The second kappa shape index (κ2) is 6.25. The van der Waals surface area contributed by atoms with E-state index in [1.807, 2.05) is 12.1 Å². The van der Waals surface area contributed by atoms with Gasteiger partial charge in [0.05, 0.1) is 0 Å². The molecule has 3 heteroatoms. The lowest BCUT2D eigenvalue weighted by Crippen LogP contribution is -2.32. The van der Waals surface area contributed by atoms with Crippen LogP contribution in [0.25, 0.3) is 0 Å². The molecule has 0 radical (unpaired) electrons. The molecule has 0 amide bonds. The number of likely N-dealkylation sites (tertiary alicyclic amines) is 1.